The van der Waals surface area contributed by atoms with Gasteiger partial charge in [0.05, 0.1) is 10.4 Å². The van der Waals surface area contributed by atoms with Gasteiger partial charge in [-0.25, -0.2) is 0 Å². The quantitative estimate of drug-likeness (QED) is 0.893. The number of hydrogen-bond acceptors (Lipinski definition) is 4. The van der Waals surface area contributed by atoms with Crippen LogP contribution < -0.4 is 5.32 Å². The van der Waals surface area contributed by atoms with Gasteiger partial charge >= 0.3 is 5.97 Å². The number of carboxylic acid groups (broad SMARTS) is 1. The van der Waals surface area contributed by atoms with Crippen molar-refractivity contribution in [1.82, 2.24) is 5.32 Å². The van der Waals surface area contributed by atoms with Crippen LogP contribution in [0.2, 0.25) is 5.02 Å². The van der Waals surface area contributed by atoms with Gasteiger partial charge in [0.2, 0.25) is 0 Å². The summed E-state index contributed by atoms with van der Waals surface area (Å²) >= 11 is 7.30. The van der Waals surface area contributed by atoms with E-state index in [2.05, 4.69) is 5.32 Å². The Morgan fingerprint density at radius 2 is 2.15 bits per heavy atom. The molecular weight excluding hydrogens is 302 g/mol. The molecule has 2 rings (SSSR count). The number of carboxylic acids is 1. The molecule has 0 spiro atoms. The van der Waals surface area contributed by atoms with Crippen LogP contribution in [0.4, 0.5) is 0 Å². The van der Waals surface area contributed by atoms with Crippen LogP contribution in [-0.4, -0.2) is 36.7 Å². The molecular formula is C13H16ClNO4S. The molecule has 7 heteroatoms. The third kappa shape index (κ3) is 2.97. The van der Waals surface area contributed by atoms with Crippen LogP contribution in [-0.2, 0) is 9.53 Å². The van der Waals surface area contributed by atoms with Gasteiger partial charge in [-0.3, -0.25) is 9.59 Å². The molecule has 0 atom stereocenters. The Kier molecular flexibility index (Phi) is 4.67. The molecule has 1 aromatic rings. The summed E-state index contributed by atoms with van der Waals surface area (Å²) in [5, 5.41) is 14.3. The minimum Gasteiger partial charge on any atom is -0.481 e. The van der Waals surface area contributed by atoms with Gasteiger partial charge in [0.15, 0.2) is 0 Å². The first-order chi connectivity index (χ1) is 9.46. The average Bonchev–Trinajstić information content (AvgIpc) is 2.77. The number of ether oxygens (including phenoxy) is 1. The Morgan fingerprint density at radius 3 is 2.65 bits per heavy atom. The number of carbonyl (C=O) groups is 2. The van der Waals surface area contributed by atoms with E-state index in [0.717, 1.165) is 5.56 Å². The number of aliphatic carboxylic acids is 1. The van der Waals surface area contributed by atoms with Crippen LogP contribution in [0, 0.1) is 12.3 Å². The second kappa shape index (κ2) is 6.11. The number of halogens is 1. The summed E-state index contributed by atoms with van der Waals surface area (Å²) in [5.41, 5.74) is -0.0898. The summed E-state index contributed by atoms with van der Waals surface area (Å²) < 4.78 is 5.19. The van der Waals surface area contributed by atoms with Crippen molar-refractivity contribution < 1.29 is 19.4 Å². The molecule has 1 saturated heterocycles. The molecule has 0 bridgehead atoms. The maximum atomic E-state index is 12.1. The van der Waals surface area contributed by atoms with Gasteiger partial charge in [-0.1, -0.05) is 11.6 Å². The predicted octanol–water partition coefficient (Wildman–Crippen LogP) is 2.32. The molecule has 2 N–H and O–H groups in total. The fourth-order valence-corrected chi connectivity index (χ4v) is 3.34. The van der Waals surface area contributed by atoms with Gasteiger partial charge in [0.1, 0.15) is 4.88 Å². The van der Waals surface area contributed by atoms with E-state index in [0.29, 0.717) is 36.0 Å². The van der Waals surface area contributed by atoms with Crippen molar-refractivity contribution in [3.05, 3.63) is 20.8 Å². The van der Waals surface area contributed by atoms with Crippen molar-refractivity contribution in [2.45, 2.75) is 19.8 Å². The zero-order chi connectivity index (χ0) is 14.8. The molecule has 2 heterocycles. The monoisotopic (exact) mass is 317 g/mol. The summed E-state index contributed by atoms with van der Waals surface area (Å²) in [6, 6.07) is 0. The first-order valence-electron chi connectivity index (χ1n) is 6.29. The average molecular weight is 318 g/mol. The second-order valence-corrected chi connectivity index (χ2v) is 6.20. The maximum absolute atomic E-state index is 12.1. The summed E-state index contributed by atoms with van der Waals surface area (Å²) in [6.45, 7) is 2.73. The number of hydrogen-bond donors (Lipinski definition) is 2. The molecule has 0 aliphatic carbocycles. The minimum absolute atomic E-state index is 0.0950. The van der Waals surface area contributed by atoms with Crippen LogP contribution in [0.5, 0.6) is 0 Å². The van der Waals surface area contributed by atoms with Crippen LogP contribution in [0.3, 0.4) is 0 Å². The Balaban J connectivity index is 2.04. The first kappa shape index (κ1) is 15.3. The lowest BCUT2D eigenvalue weighted by atomic mass is 9.80. The van der Waals surface area contributed by atoms with Crippen molar-refractivity contribution in [3.63, 3.8) is 0 Å². The highest BCUT2D eigenvalue weighted by Crippen LogP contribution is 2.31. The van der Waals surface area contributed by atoms with Gasteiger partial charge in [-0.2, -0.15) is 0 Å². The third-order valence-corrected chi connectivity index (χ3v) is 5.29. The van der Waals surface area contributed by atoms with E-state index in [1.165, 1.54) is 11.3 Å². The number of carbonyl (C=O) groups excluding carboxylic acids is 1. The molecule has 0 saturated carbocycles. The predicted molar refractivity (Wildman–Crippen MR) is 76.5 cm³/mol. The Bertz CT molecular complexity index is 522. The maximum Gasteiger partial charge on any atom is 0.311 e. The summed E-state index contributed by atoms with van der Waals surface area (Å²) in [4.78, 5) is 24.0. The zero-order valence-electron chi connectivity index (χ0n) is 11.1. The molecule has 0 radical (unpaired) electrons. The lowest BCUT2D eigenvalue weighted by Gasteiger charge is -2.33. The molecule has 1 aromatic heterocycles. The fourth-order valence-electron chi connectivity index (χ4n) is 2.14. The molecule has 1 amide bonds. The highest BCUT2D eigenvalue weighted by molar-refractivity contribution is 7.13. The van der Waals surface area contributed by atoms with E-state index in [1.54, 1.807) is 5.38 Å². The largest absolute Gasteiger partial charge is 0.481 e. The molecule has 110 valence electrons. The highest BCUT2D eigenvalue weighted by atomic mass is 35.5. The van der Waals surface area contributed by atoms with Gasteiger partial charge < -0.3 is 15.2 Å². The standard InChI is InChI=1S/C13H16ClNO4S/c1-8-6-20-10(9(8)14)11(16)15-7-13(12(17)18)2-4-19-5-3-13/h6H,2-5,7H2,1H3,(H,15,16)(H,17,18). The summed E-state index contributed by atoms with van der Waals surface area (Å²) in [5.74, 6) is -1.21. The fraction of sp³-hybridized carbons (Fsp3) is 0.538. The summed E-state index contributed by atoms with van der Waals surface area (Å²) in [6.07, 6.45) is 0.805. The Labute approximate surface area is 125 Å². The number of amides is 1. The number of nitrogens with one attached hydrogen (secondary N) is 1. The van der Waals surface area contributed by atoms with Crippen molar-refractivity contribution in [3.8, 4) is 0 Å². The van der Waals surface area contributed by atoms with Crippen LogP contribution >= 0.6 is 22.9 Å². The third-order valence-electron chi connectivity index (χ3n) is 3.60. The zero-order valence-corrected chi connectivity index (χ0v) is 12.6. The summed E-state index contributed by atoms with van der Waals surface area (Å²) in [7, 11) is 0. The molecule has 5 nitrogen and oxygen atoms in total. The number of rotatable bonds is 4. The normalized spacial score (nSPS) is 17.7. The highest BCUT2D eigenvalue weighted by Gasteiger charge is 2.40. The lowest BCUT2D eigenvalue weighted by Crippen LogP contribution is -2.46. The van der Waals surface area contributed by atoms with Crippen molar-refractivity contribution in [1.29, 1.82) is 0 Å². The van der Waals surface area contributed by atoms with Gasteiger partial charge in [-0.15, -0.1) is 11.3 Å². The van der Waals surface area contributed by atoms with E-state index in [-0.39, 0.29) is 12.5 Å². The van der Waals surface area contributed by atoms with Crippen molar-refractivity contribution in [2.75, 3.05) is 19.8 Å². The molecule has 0 aromatic carbocycles. The second-order valence-electron chi connectivity index (χ2n) is 4.94. The van der Waals surface area contributed by atoms with Crippen molar-refractivity contribution in [2.24, 2.45) is 5.41 Å². The first-order valence-corrected chi connectivity index (χ1v) is 7.55. The van der Waals surface area contributed by atoms with E-state index in [4.69, 9.17) is 16.3 Å². The van der Waals surface area contributed by atoms with Gasteiger partial charge in [0, 0.05) is 19.8 Å². The van der Waals surface area contributed by atoms with E-state index >= 15 is 0 Å². The van der Waals surface area contributed by atoms with E-state index < -0.39 is 11.4 Å². The van der Waals surface area contributed by atoms with Gasteiger partial charge in [-0.05, 0) is 30.7 Å². The minimum atomic E-state index is -0.938. The van der Waals surface area contributed by atoms with Crippen LogP contribution in [0.25, 0.3) is 0 Å². The van der Waals surface area contributed by atoms with Gasteiger partial charge in [0.25, 0.3) is 5.91 Å². The van der Waals surface area contributed by atoms with E-state index in [9.17, 15) is 14.7 Å². The SMILES string of the molecule is Cc1csc(C(=O)NCC2(C(=O)O)CCOCC2)c1Cl. The molecule has 1 aliphatic rings. The molecule has 0 unspecified atom stereocenters. The molecule has 1 aliphatic heterocycles. The molecule has 20 heavy (non-hydrogen) atoms. The van der Waals surface area contributed by atoms with E-state index in [1.807, 2.05) is 6.92 Å². The number of aryl methyl sites for hydroxylation is 1. The topological polar surface area (TPSA) is 75.6 Å². The smallest absolute Gasteiger partial charge is 0.311 e. The lowest BCUT2D eigenvalue weighted by molar-refractivity contribution is -0.154. The van der Waals surface area contributed by atoms with Crippen molar-refractivity contribution >= 4 is 34.8 Å². The Morgan fingerprint density at radius 1 is 1.50 bits per heavy atom. The van der Waals surface area contributed by atoms with Crippen LogP contribution in [0.1, 0.15) is 28.1 Å². The number of thiophene rings is 1. The molecule has 1 fully saturated rings. The Hall–Kier alpha value is -1.11. The van der Waals surface area contributed by atoms with Crippen LogP contribution in [0.15, 0.2) is 5.38 Å².